The lowest BCUT2D eigenvalue weighted by Crippen LogP contribution is -2.20. The monoisotopic (exact) mass is 364 g/mol. The summed E-state index contributed by atoms with van der Waals surface area (Å²) in [6.07, 6.45) is 0.105. The molecule has 0 fully saturated rings. The van der Waals surface area contributed by atoms with E-state index in [1.807, 2.05) is 60.3 Å². The van der Waals surface area contributed by atoms with Crippen LogP contribution in [-0.2, 0) is 7.05 Å². The molecule has 26 heavy (non-hydrogen) atoms. The van der Waals surface area contributed by atoms with Gasteiger partial charge < -0.3 is 9.67 Å². The van der Waals surface area contributed by atoms with E-state index in [0.29, 0.717) is 16.7 Å². The Hall–Kier alpha value is -2.92. The van der Waals surface area contributed by atoms with Crippen LogP contribution in [-0.4, -0.2) is 15.5 Å². The van der Waals surface area contributed by atoms with Gasteiger partial charge in [0.15, 0.2) is 17.0 Å². The number of carbonyl (C=O) groups is 1. The number of aryl methyl sites for hydroxylation is 1. The molecule has 0 unspecified atom stereocenters. The van der Waals surface area contributed by atoms with Crippen molar-refractivity contribution < 1.29 is 9.90 Å². The second-order valence-electron chi connectivity index (χ2n) is 6.06. The Bertz CT molecular complexity index is 1030. The first-order chi connectivity index (χ1) is 12.5. The van der Waals surface area contributed by atoms with Crippen LogP contribution in [0.25, 0.3) is 10.6 Å². The van der Waals surface area contributed by atoms with Crippen LogP contribution >= 0.6 is 11.3 Å². The van der Waals surface area contributed by atoms with E-state index in [1.54, 1.807) is 23.5 Å². The van der Waals surface area contributed by atoms with Crippen LogP contribution in [0.15, 0.2) is 71.2 Å². The van der Waals surface area contributed by atoms with Crippen molar-refractivity contribution in [1.29, 1.82) is 0 Å². The molecular formula is C21H20N2O2S. The van der Waals surface area contributed by atoms with Gasteiger partial charge in [0.05, 0.1) is 17.0 Å². The number of nitrogens with zero attached hydrogens (tertiary/aromatic N) is 2. The molecule has 0 spiro atoms. The van der Waals surface area contributed by atoms with E-state index in [2.05, 4.69) is 11.6 Å². The zero-order chi connectivity index (χ0) is 18.7. The van der Waals surface area contributed by atoms with Gasteiger partial charge in [0.25, 0.3) is 0 Å². The van der Waals surface area contributed by atoms with E-state index in [-0.39, 0.29) is 18.0 Å². The predicted molar refractivity (Wildman–Crippen MR) is 105 cm³/mol. The van der Waals surface area contributed by atoms with Crippen molar-refractivity contribution in [2.75, 3.05) is 0 Å². The highest BCUT2D eigenvalue weighted by Crippen LogP contribution is 2.24. The molecule has 0 atom stereocenters. The zero-order valence-corrected chi connectivity index (χ0v) is 15.6. The second-order valence-corrected chi connectivity index (χ2v) is 7.00. The Kier molecular flexibility index (Phi) is 5.19. The molecule has 5 heteroatoms. The first-order valence-electron chi connectivity index (χ1n) is 8.21. The first kappa shape index (κ1) is 17.9. The van der Waals surface area contributed by atoms with Gasteiger partial charge in [-0.1, -0.05) is 36.9 Å². The number of pyridine rings is 1. The Labute approximate surface area is 156 Å². The number of ketones is 1. The molecule has 1 aromatic carbocycles. The van der Waals surface area contributed by atoms with E-state index < -0.39 is 0 Å². The van der Waals surface area contributed by atoms with Crippen molar-refractivity contribution in [1.82, 2.24) is 4.57 Å². The van der Waals surface area contributed by atoms with Crippen molar-refractivity contribution in [3.8, 4) is 16.3 Å². The first-order valence-corrected chi connectivity index (χ1v) is 9.09. The van der Waals surface area contributed by atoms with Crippen molar-refractivity contribution in [2.24, 2.45) is 12.0 Å². The Balaban J connectivity index is 1.92. The molecule has 2 heterocycles. The van der Waals surface area contributed by atoms with Crippen molar-refractivity contribution in [2.45, 2.75) is 13.3 Å². The van der Waals surface area contributed by atoms with Gasteiger partial charge in [0.2, 0.25) is 0 Å². The van der Waals surface area contributed by atoms with Gasteiger partial charge in [-0.15, -0.1) is 11.3 Å². The van der Waals surface area contributed by atoms with E-state index >= 15 is 0 Å². The molecule has 0 saturated heterocycles. The quantitative estimate of drug-likeness (QED) is 0.680. The second kappa shape index (κ2) is 7.54. The lowest BCUT2D eigenvalue weighted by Gasteiger charge is -2.10. The number of carbonyl (C=O) groups excluding carboxylic acids is 1. The third-order valence-electron chi connectivity index (χ3n) is 4.15. The molecule has 3 rings (SSSR count). The number of rotatable bonds is 5. The fourth-order valence-electron chi connectivity index (χ4n) is 2.79. The molecule has 3 aromatic rings. The van der Waals surface area contributed by atoms with Crippen LogP contribution in [0, 0.1) is 6.92 Å². The molecule has 1 N–H and O–H groups in total. The van der Waals surface area contributed by atoms with Gasteiger partial charge in [-0.05, 0) is 36.1 Å². The number of benzene rings is 1. The van der Waals surface area contributed by atoms with E-state index in [0.717, 1.165) is 16.1 Å². The summed E-state index contributed by atoms with van der Waals surface area (Å²) >= 11 is 1.61. The maximum absolute atomic E-state index is 12.5. The van der Waals surface area contributed by atoms with Crippen molar-refractivity contribution in [3.05, 3.63) is 82.8 Å². The minimum Gasteiger partial charge on any atom is -0.504 e. The maximum Gasteiger partial charge on any atom is 0.175 e. The average molecular weight is 364 g/mol. The Morgan fingerprint density at radius 3 is 2.65 bits per heavy atom. The van der Waals surface area contributed by atoms with E-state index in [4.69, 9.17) is 0 Å². The summed E-state index contributed by atoms with van der Waals surface area (Å²) in [5.41, 5.74) is 3.34. The summed E-state index contributed by atoms with van der Waals surface area (Å²) in [4.78, 5) is 18.0. The van der Waals surface area contributed by atoms with Crippen LogP contribution in [0.1, 0.15) is 22.3 Å². The summed E-state index contributed by atoms with van der Waals surface area (Å²) in [6.45, 7) is 5.82. The molecule has 0 aliphatic rings. The van der Waals surface area contributed by atoms with Gasteiger partial charge in [-0.3, -0.25) is 4.79 Å². The number of allylic oxidation sites excluding steroid dienone is 1. The number of aromatic nitrogens is 1. The van der Waals surface area contributed by atoms with E-state index in [1.165, 1.54) is 0 Å². The standard InChI is InChI=1S/C21H20N2O2S/c1-14-7-4-5-8-16(14)19(25)13-15(2)22-21-18(24)11-10-17(23(21)3)20-9-6-12-26-20/h4-12,24H,2,13H2,1,3H3. The Morgan fingerprint density at radius 2 is 1.96 bits per heavy atom. The molecule has 0 amide bonds. The smallest absolute Gasteiger partial charge is 0.175 e. The minimum absolute atomic E-state index is 0.0339. The number of thiophene rings is 1. The fraction of sp³-hybridized carbons (Fsp3) is 0.143. The molecule has 0 aliphatic heterocycles. The predicted octanol–water partition coefficient (Wildman–Crippen LogP) is 4.46. The van der Waals surface area contributed by atoms with Crippen LogP contribution in [0.4, 0.5) is 0 Å². The van der Waals surface area contributed by atoms with Gasteiger partial charge >= 0.3 is 0 Å². The summed E-state index contributed by atoms with van der Waals surface area (Å²) < 4.78 is 1.81. The maximum atomic E-state index is 12.5. The highest BCUT2D eigenvalue weighted by atomic mass is 32.1. The lowest BCUT2D eigenvalue weighted by molar-refractivity contribution is 0.0992. The third-order valence-corrected chi connectivity index (χ3v) is 5.05. The molecule has 132 valence electrons. The zero-order valence-electron chi connectivity index (χ0n) is 14.8. The molecule has 2 aromatic heterocycles. The number of aromatic hydroxyl groups is 1. The number of hydrogen-bond donors (Lipinski definition) is 1. The summed E-state index contributed by atoms with van der Waals surface area (Å²) in [5.74, 6) is 0.0192. The number of Topliss-reactive ketones (excluding diaryl/α,β-unsaturated/α-hetero) is 1. The summed E-state index contributed by atoms with van der Waals surface area (Å²) in [5, 5.41) is 12.2. The lowest BCUT2D eigenvalue weighted by atomic mass is 10.0. The normalized spacial score (nSPS) is 11.5. The van der Waals surface area contributed by atoms with Crippen molar-refractivity contribution in [3.63, 3.8) is 0 Å². The van der Waals surface area contributed by atoms with Gasteiger partial charge in [0, 0.05) is 18.3 Å². The highest BCUT2D eigenvalue weighted by molar-refractivity contribution is 7.13. The largest absolute Gasteiger partial charge is 0.504 e. The Morgan fingerprint density at radius 1 is 1.19 bits per heavy atom. The van der Waals surface area contributed by atoms with Crippen molar-refractivity contribution >= 4 is 17.1 Å². The molecule has 0 radical (unpaired) electrons. The topological polar surface area (TPSA) is 54.6 Å². The average Bonchev–Trinajstić information content (AvgIpc) is 3.13. The third kappa shape index (κ3) is 3.68. The van der Waals surface area contributed by atoms with Gasteiger partial charge in [-0.2, -0.15) is 0 Å². The summed E-state index contributed by atoms with van der Waals surface area (Å²) in [6, 6.07) is 14.9. The molecule has 4 nitrogen and oxygen atoms in total. The van der Waals surface area contributed by atoms with Crippen LogP contribution in [0.2, 0.25) is 0 Å². The molecule has 0 bridgehead atoms. The SMILES string of the molecule is C=C(CC(=O)c1ccccc1C)N=c1c(O)ccc(-c2cccs2)n1C. The summed E-state index contributed by atoms with van der Waals surface area (Å²) in [7, 11) is 1.84. The van der Waals surface area contributed by atoms with Crippen LogP contribution in [0.5, 0.6) is 5.75 Å². The molecule has 0 saturated carbocycles. The van der Waals surface area contributed by atoms with Crippen LogP contribution in [0.3, 0.4) is 0 Å². The molecular weight excluding hydrogens is 344 g/mol. The van der Waals surface area contributed by atoms with Gasteiger partial charge in [0.1, 0.15) is 0 Å². The van der Waals surface area contributed by atoms with E-state index in [9.17, 15) is 9.90 Å². The fourth-order valence-corrected chi connectivity index (χ4v) is 3.58. The molecule has 0 aliphatic carbocycles. The van der Waals surface area contributed by atoms with Crippen LogP contribution < -0.4 is 5.49 Å². The highest BCUT2D eigenvalue weighted by Gasteiger charge is 2.11. The van der Waals surface area contributed by atoms with Gasteiger partial charge in [-0.25, -0.2) is 4.99 Å². The number of hydrogen-bond acceptors (Lipinski definition) is 4. The minimum atomic E-state index is -0.0339.